The maximum atomic E-state index is 12.2. The van der Waals surface area contributed by atoms with Crippen LogP contribution < -0.4 is 5.32 Å². The smallest absolute Gasteiger partial charge is 0.319 e. The van der Waals surface area contributed by atoms with Gasteiger partial charge in [-0.25, -0.2) is 0 Å². The average molecular weight is 301 g/mol. The van der Waals surface area contributed by atoms with Crippen LogP contribution in [0, 0.1) is 11.3 Å². The van der Waals surface area contributed by atoms with Crippen molar-refractivity contribution in [1.82, 2.24) is 5.32 Å². The molecule has 1 atom stereocenters. The first-order valence-corrected chi connectivity index (χ1v) is 7.76. The first-order valence-electron chi connectivity index (χ1n) is 7.76. The lowest BCUT2D eigenvalue weighted by Gasteiger charge is -2.27. The van der Waals surface area contributed by atoms with Crippen molar-refractivity contribution >= 4 is 11.9 Å². The van der Waals surface area contributed by atoms with Crippen molar-refractivity contribution in [3.63, 3.8) is 0 Å². The van der Waals surface area contributed by atoms with E-state index in [0.29, 0.717) is 13.2 Å². The zero-order chi connectivity index (χ0) is 16.5. The van der Waals surface area contributed by atoms with Gasteiger partial charge in [0.25, 0.3) is 0 Å². The number of ether oxygens (including phenoxy) is 2. The van der Waals surface area contributed by atoms with Gasteiger partial charge in [-0.2, -0.15) is 0 Å². The minimum atomic E-state index is -0.774. The highest BCUT2D eigenvalue weighted by Gasteiger charge is 2.38. The zero-order valence-electron chi connectivity index (χ0n) is 14.3. The van der Waals surface area contributed by atoms with Gasteiger partial charge < -0.3 is 14.8 Å². The van der Waals surface area contributed by atoms with Crippen LogP contribution in [-0.2, 0) is 19.1 Å². The van der Waals surface area contributed by atoms with Crippen LogP contribution in [0.4, 0.5) is 0 Å². The summed E-state index contributed by atoms with van der Waals surface area (Å²) >= 11 is 0. The van der Waals surface area contributed by atoms with Crippen LogP contribution in [0.2, 0.25) is 0 Å². The van der Waals surface area contributed by atoms with Crippen LogP contribution >= 0.6 is 0 Å². The summed E-state index contributed by atoms with van der Waals surface area (Å²) in [5, 5.41) is 2.82. The summed E-state index contributed by atoms with van der Waals surface area (Å²) in [6, 6.07) is 0. The van der Waals surface area contributed by atoms with Crippen molar-refractivity contribution in [2.24, 2.45) is 11.3 Å². The average Bonchev–Trinajstić information content (AvgIpc) is 2.31. The highest BCUT2D eigenvalue weighted by Crippen LogP contribution is 2.27. The van der Waals surface area contributed by atoms with Crippen molar-refractivity contribution in [2.45, 2.75) is 60.5 Å². The number of rotatable bonds is 9. The molecule has 0 aliphatic rings. The normalized spacial score (nSPS) is 13.1. The summed E-state index contributed by atoms with van der Waals surface area (Å²) in [7, 11) is 0. The molecule has 5 heteroatoms. The number of nitrogens with one attached hydrogen (secondary N) is 1. The molecule has 1 amide bonds. The minimum absolute atomic E-state index is 0.230. The van der Waals surface area contributed by atoms with Gasteiger partial charge in [0.2, 0.25) is 5.91 Å². The fraction of sp³-hybridized carbons (Fsp3) is 0.875. The van der Waals surface area contributed by atoms with Crippen LogP contribution in [0.15, 0.2) is 0 Å². The molecule has 0 aliphatic heterocycles. The van der Waals surface area contributed by atoms with Crippen LogP contribution in [0.3, 0.4) is 0 Å². The van der Waals surface area contributed by atoms with Gasteiger partial charge in [0.05, 0.1) is 12.7 Å². The number of unbranched alkanes of at least 4 members (excludes halogenated alkanes) is 1. The molecule has 0 saturated carbocycles. The van der Waals surface area contributed by atoms with Gasteiger partial charge in [0, 0.05) is 13.2 Å². The minimum Gasteiger partial charge on any atom is -0.465 e. The molecule has 0 aromatic heterocycles. The summed E-state index contributed by atoms with van der Waals surface area (Å²) in [6.07, 6.45) is 1.95. The quantitative estimate of drug-likeness (QED) is 0.404. The molecule has 0 aliphatic carbocycles. The highest BCUT2D eigenvalue weighted by molar-refractivity contribution is 5.98. The van der Waals surface area contributed by atoms with Gasteiger partial charge in [-0.3, -0.25) is 9.59 Å². The van der Waals surface area contributed by atoms with E-state index < -0.39 is 17.3 Å². The summed E-state index contributed by atoms with van der Waals surface area (Å²) in [5.41, 5.74) is -0.461. The predicted molar refractivity (Wildman–Crippen MR) is 82.9 cm³/mol. The maximum absolute atomic E-state index is 12.2. The van der Waals surface area contributed by atoms with Crippen molar-refractivity contribution in [3.8, 4) is 0 Å². The lowest BCUT2D eigenvalue weighted by Crippen LogP contribution is -2.43. The van der Waals surface area contributed by atoms with E-state index >= 15 is 0 Å². The molecule has 0 rings (SSSR count). The molecule has 0 saturated heterocycles. The largest absolute Gasteiger partial charge is 0.465 e. The molecule has 1 unspecified atom stereocenters. The first-order chi connectivity index (χ1) is 9.70. The molecular formula is C16H31NO4. The van der Waals surface area contributed by atoms with E-state index in [0.717, 1.165) is 12.8 Å². The second-order valence-electron chi connectivity index (χ2n) is 6.47. The van der Waals surface area contributed by atoms with Gasteiger partial charge >= 0.3 is 5.97 Å². The Bertz CT molecular complexity index is 321. The molecule has 0 radical (unpaired) electrons. The number of carbonyl (C=O) groups is 2. The number of hydrogen-bond acceptors (Lipinski definition) is 4. The third-order valence-electron chi connectivity index (χ3n) is 2.97. The van der Waals surface area contributed by atoms with E-state index in [1.807, 2.05) is 34.6 Å². The van der Waals surface area contributed by atoms with E-state index in [9.17, 15) is 9.59 Å². The SMILES string of the molecule is CCOC(=O)C(C(=O)NCCCCOC(C)C)C(C)(C)C. The summed E-state index contributed by atoms with van der Waals surface area (Å²) < 4.78 is 10.4. The highest BCUT2D eigenvalue weighted by atomic mass is 16.5. The molecule has 0 bridgehead atoms. The van der Waals surface area contributed by atoms with E-state index in [1.54, 1.807) is 6.92 Å². The molecule has 124 valence electrons. The van der Waals surface area contributed by atoms with Crippen LogP contribution in [0.5, 0.6) is 0 Å². The Morgan fingerprint density at radius 1 is 1.14 bits per heavy atom. The summed E-state index contributed by atoms with van der Waals surface area (Å²) in [4.78, 5) is 24.1. The monoisotopic (exact) mass is 301 g/mol. The molecular weight excluding hydrogens is 270 g/mol. The predicted octanol–water partition coefficient (Wildman–Crippen LogP) is 2.53. The molecule has 0 aromatic carbocycles. The number of amides is 1. The van der Waals surface area contributed by atoms with E-state index in [-0.39, 0.29) is 18.6 Å². The second-order valence-corrected chi connectivity index (χ2v) is 6.47. The third kappa shape index (κ3) is 8.71. The zero-order valence-corrected chi connectivity index (χ0v) is 14.3. The Labute approximate surface area is 128 Å². The molecule has 0 fully saturated rings. The van der Waals surface area contributed by atoms with Gasteiger partial charge in [0.1, 0.15) is 5.92 Å². The fourth-order valence-corrected chi connectivity index (χ4v) is 1.94. The Balaban J connectivity index is 4.22. The summed E-state index contributed by atoms with van der Waals surface area (Å²) in [6.45, 7) is 12.8. The number of hydrogen-bond donors (Lipinski definition) is 1. The Hall–Kier alpha value is -1.10. The number of esters is 1. The fourth-order valence-electron chi connectivity index (χ4n) is 1.94. The van der Waals surface area contributed by atoms with Crippen LogP contribution in [0.1, 0.15) is 54.4 Å². The van der Waals surface area contributed by atoms with E-state index in [1.165, 1.54) is 0 Å². The molecule has 21 heavy (non-hydrogen) atoms. The number of carbonyl (C=O) groups excluding carboxylic acids is 2. The standard InChI is InChI=1S/C16H31NO4/c1-7-20-15(19)13(16(4,5)6)14(18)17-10-8-9-11-21-12(2)3/h12-13H,7-11H2,1-6H3,(H,17,18). The van der Waals surface area contributed by atoms with Crippen molar-refractivity contribution in [1.29, 1.82) is 0 Å². The Morgan fingerprint density at radius 2 is 1.76 bits per heavy atom. The maximum Gasteiger partial charge on any atom is 0.319 e. The Kier molecular flexibility index (Phi) is 9.26. The summed E-state index contributed by atoms with van der Waals surface area (Å²) in [5.74, 6) is -1.49. The first kappa shape index (κ1) is 19.9. The van der Waals surface area contributed by atoms with Crippen molar-refractivity contribution in [2.75, 3.05) is 19.8 Å². The van der Waals surface area contributed by atoms with Gasteiger partial charge in [-0.1, -0.05) is 20.8 Å². The molecule has 0 aromatic rings. The van der Waals surface area contributed by atoms with Crippen molar-refractivity contribution < 1.29 is 19.1 Å². The van der Waals surface area contributed by atoms with Gasteiger partial charge in [-0.05, 0) is 39.0 Å². The molecule has 0 spiro atoms. The molecule has 0 heterocycles. The van der Waals surface area contributed by atoms with Gasteiger partial charge in [-0.15, -0.1) is 0 Å². The van der Waals surface area contributed by atoms with E-state index in [4.69, 9.17) is 9.47 Å². The topological polar surface area (TPSA) is 64.6 Å². The molecule has 5 nitrogen and oxygen atoms in total. The second kappa shape index (κ2) is 9.77. The Morgan fingerprint density at radius 3 is 2.24 bits per heavy atom. The van der Waals surface area contributed by atoms with E-state index in [2.05, 4.69) is 5.32 Å². The third-order valence-corrected chi connectivity index (χ3v) is 2.97. The van der Waals surface area contributed by atoms with Crippen LogP contribution in [0.25, 0.3) is 0 Å². The van der Waals surface area contributed by atoms with Crippen LogP contribution in [-0.4, -0.2) is 37.7 Å². The lowest BCUT2D eigenvalue weighted by atomic mass is 9.80. The molecule has 1 N–H and O–H groups in total. The lowest BCUT2D eigenvalue weighted by molar-refractivity contribution is -0.156. The van der Waals surface area contributed by atoms with Gasteiger partial charge in [0.15, 0.2) is 0 Å². The van der Waals surface area contributed by atoms with Crippen molar-refractivity contribution in [3.05, 3.63) is 0 Å².